The van der Waals surface area contributed by atoms with Crippen molar-refractivity contribution in [2.75, 3.05) is 32.8 Å². The minimum atomic E-state index is -0.0181. The summed E-state index contributed by atoms with van der Waals surface area (Å²) in [5, 5.41) is 13.0. The molecule has 0 radical (unpaired) electrons. The summed E-state index contributed by atoms with van der Waals surface area (Å²) in [6.45, 7) is 5.88. The van der Waals surface area contributed by atoms with E-state index in [4.69, 9.17) is 11.6 Å². The van der Waals surface area contributed by atoms with Crippen molar-refractivity contribution >= 4 is 17.5 Å². The van der Waals surface area contributed by atoms with Crippen LogP contribution < -0.4 is 5.32 Å². The first-order valence-electron chi connectivity index (χ1n) is 12.4. The summed E-state index contributed by atoms with van der Waals surface area (Å²) in [4.78, 5) is 15.3. The molecular weight excluding hydrogens is 408 g/mol. The van der Waals surface area contributed by atoms with Crippen molar-refractivity contribution in [3.63, 3.8) is 0 Å². The van der Waals surface area contributed by atoms with Crippen molar-refractivity contribution in [3.8, 4) is 0 Å². The molecule has 1 amide bonds. The van der Waals surface area contributed by atoms with E-state index in [-0.39, 0.29) is 12.5 Å². The summed E-state index contributed by atoms with van der Waals surface area (Å²) in [7, 11) is 0. The van der Waals surface area contributed by atoms with Crippen LogP contribution in [0.3, 0.4) is 0 Å². The number of carbonyl (C=O) groups is 1. The normalized spacial score (nSPS) is 29.0. The number of aryl methyl sites for hydroxylation is 1. The number of hydrogen-bond acceptors (Lipinski definition) is 3. The maximum absolute atomic E-state index is 13.0. The van der Waals surface area contributed by atoms with Gasteiger partial charge in [-0.05, 0) is 112 Å². The molecule has 1 aromatic carbocycles. The number of nitrogens with zero attached hydrogens (tertiary/aromatic N) is 1. The van der Waals surface area contributed by atoms with Crippen molar-refractivity contribution in [3.05, 3.63) is 34.3 Å². The Balaban J connectivity index is 1.32. The van der Waals surface area contributed by atoms with Gasteiger partial charge in [0.15, 0.2) is 0 Å². The minimum Gasteiger partial charge on any atom is -0.395 e. The van der Waals surface area contributed by atoms with Gasteiger partial charge in [-0.3, -0.25) is 4.79 Å². The molecule has 0 heterocycles. The highest BCUT2D eigenvalue weighted by Gasteiger charge is 2.50. The lowest BCUT2D eigenvalue weighted by molar-refractivity contribution is -0.0503. The van der Waals surface area contributed by atoms with Crippen LogP contribution in [0.25, 0.3) is 0 Å². The van der Waals surface area contributed by atoms with Crippen LogP contribution in [-0.2, 0) is 6.42 Å². The zero-order chi connectivity index (χ0) is 21.8. The molecule has 0 aliphatic heterocycles. The molecule has 4 aliphatic rings. The van der Waals surface area contributed by atoms with E-state index in [0.29, 0.717) is 16.0 Å². The van der Waals surface area contributed by atoms with Gasteiger partial charge in [-0.2, -0.15) is 0 Å². The predicted molar refractivity (Wildman–Crippen MR) is 127 cm³/mol. The molecule has 2 N–H and O–H groups in total. The number of hydrogen-bond donors (Lipinski definition) is 2. The first-order chi connectivity index (χ1) is 15.0. The van der Waals surface area contributed by atoms with Crippen molar-refractivity contribution in [2.45, 2.75) is 64.7 Å². The molecule has 31 heavy (non-hydrogen) atoms. The highest BCUT2D eigenvalue weighted by Crippen LogP contribution is 2.59. The largest absolute Gasteiger partial charge is 0.395 e. The number of halogens is 1. The number of nitrogens with one attached hydrogen (secondary N) is 1. The monoisotopic (exact) mass is 446 g/mol. The van der Waals surface area contributed by atoms with E-state index < -0.39 is 0 Å². The summed E-state index contributed by atoms with van der Waals surface area (Å²) < 4.78 is 0. The van der Waals surface area contributed by atoms with Crippen molar-refractivity contribution in [2.24, 2.45) is 23.2 Å². The molecule has 0 spiro atoms. The van der Waals surface area contributed by atoms with Crippen molar-refractivity contribution < 1.29 is 9.90 Å². The SMILES string of the molecule is CCCN(CCO)CCCc1ccc(Cl)c(C(=O)NCC23CC4CC(CC(C4)C2)C3)c1. The third-order valence-electron chi connectivity index (χ3n) is 7.96. The third-order valence-corrected chi connectivity index (χ3v) is 8.29. The van der Waals surface area contributed by atoms with E-state index in [9.17, 15) is 9.90 Å². The summed E-state index contributed by atoms with van der Waals surface area (Å²) in [6.07, 6.45) is 11.2. The molecule has 172 valence electrons. The van der Waals surface area contributed by atoms with Crippen LogP contribution in [-0.4, -0.2) is 48.7 Å². The lowest BCUT2D eigenvalue weighted by atomic mass is 9.49. The standard InChI is InChI=1S/C26H39ClN2O2/c1-2-7-29(9-10-30)8-3-4-19-5-6-24(27)23(14-19)25(31)28-18-26-15-20-11-21(16-26)13-22(12-20)17-26/h5-6,14,20-22,30H,2-4,7-13,15-18H2,1H3,(H,28,31). The number of aliphatic hydroxyl groups excluding tert-OH is 1. The van der Waals surface area contributed by atoms with Crippen LogP contribution in [0.2, 0.25) is 5.02 Å². The fourth-order valence-corrected chi connectivity index (χ4v) is 7.27. The first kappa shape index (κ1) is 23.1. The van der Waals surface area contributed by atoms with Crippen LogP contribution in [0.15, 0.2) is 18.2 Å². The number of carbonyl (C=O) groups excluding carboxylic acids is 1. The van der Waals surface area contributed by atoms with E-state index in [1.165, 1.54) is 38.5 Å². The van der Waals surface area contributed by atoms with Gasteiger partial charge in [-0.25, -0.2) is 0 Å². The van der Waals surface area contributed by atoms with E-state index >= 15 is 0 Å². The molecule has 5 rings (SSSR count). The van der Waals surface area contributed by atoms with Gasteiger partial charge in [0.05, 0.1) is 17.2 Å². The lowest BCUT2D eigenvalue weighted by Crippen LogP contribution is -2.51. The van der Waals surface area contributed by atoms with Gasteiger partial charge in [0.1, 0.15) is 0 Å². The van der Waals surface area contributed by atoms with Gasteiger partial charge in [0.2, 0.25) is 0 Å². The Bertz CT molecular complexity index is 724. The Morgan fingerprint density at radius 3 is 2.42 bits per heavy atom. The third kappa shape index (κ3) is 5.64. The van der Waals surface area contributed by atoms with Gasteiger partial charge < -0.3 is 15.3 Å². The second-order valence-electron chi connectivity index (χ2n) is 10.6. The van der Waals surface area contributed by atoms with Gasteiger partial charge in [0.25, 0.3) is 5.91 Å². The molecule has 4 saturated carbocycles. The zero-order valence-corrected chi connectivity index (χ0v) is 19.8. The highest BCUT2D eigenvalue weighted by molar-refractivity contribution is 6.33. The quantitative estimate of drug-likeness (QED) is 0.507. The van der Waals surface area contributed by atoms with E-state index in [1.54, 1.807) is 0 Å². The molecule has 5 heteroatoms. The number of aliphatic hydroxyl groups is 1. The van der Waals surface area contributed by atoms with Gasteiger partial charge in [-0.1, -0.05) is 24.6 Å². The topological polar surface area (TPSA) is 52.6 Å². The number of benzene rings is 1. The van der Waals surface area contributed by atoms with Crippen molar-refractivity contribution in [1.82, 2.24) is 10.2 Å². The highest BCUT2D eigenvalue weighted by atomic mass is 35.5. The molecule has 1 aromatic rings. The second-order valence-corrected chi connectivity index (χ2v) is 11.0. The van der Waals surface area contributed by atoms with E-state index in [0.717, 1.165) is 68.8 Å². The fraction of sp³-hybridized carbons (Fsp3) is 0.731. The second kappa shape index (κ2) is 10.2. The molecule has 0 aromatic heterocycles. The van der Waals surface area contributed by atoms with Gasteiger partial charge in [-0.15, -0.1) is 0 Å². The molecule has 4 bridgehead atoms. The Kier molecular flexibility index (Phi) is 7.61. The van der Waals surface area contributed by atoms with Crippen LogP contribution in [0, 0.1) is 23.2 Å². The smallest absolute Gasteiger partial charge is 0.252 e. The van der Waals surface area contributed by atoms with E-state index in [1.807, 2.05) is 18.2 Å². The molecule has 0 unspecified atom stereocenters. The average molecular weight is 447 g/mol. The Labute approximate surface area is 192 Å². The van der Waals surface area contributed by atoms with Crippen LogP contribution >= 0.6 is 11.6 Å². The number of rotatable bonds is 11. The van der Waals surface area contributed by atoms with Crippen molar-refractivity contribution in [1.29, 1.82) is 0 Å². The average Bonchev–Trinajstić information content (AvgIpc) is 2.72. The summed E-state index contributed by atoms with van der Waals surface area (Å²) in [5.41, 5.74) is 2.11. The van der Waals surface area contributed by atoms with Gasteiger partial charge >= 0.3 is 0 Å². The fourth-order valence-electron chi connectivity index (χ4n) is 7.07. The molecule has 4 nitrogen and oxygen atoms in total. The summed E-state index contributed by atoms with van der Waals surface area (Å²) in [5.74, 6) is 2.67. The maximum Gasteiger partial charge on any atom is 0.252 e. The first-order valence-corrected chi connectivity index (χ1v) is 12.8. The summed E-state index contributed by atoms with van der Waals surface area (Å²) >= 11 is 6.42. The molecule has 4 fully saturated rings. The molecule has 0 atom stereocenters. The Morgan fingerprint density at radius 1 is 1.13 bits per heavy atom. The zero-order valence-electron chi connectivity index (χ0n) is 19.0. The lowest BCUT2D eigenvalue weighted by Gasteiger charge is -2.56. The predicted octanol–water partition coefficient (Wildman–Crippen LogP) is 4.92. The molecule has 0 saturated heterocycles. The Morgan fingerprint density at radius 2 is 1.81 bits per heavy atom. The van der Waals surface area contributed by atoms with Crippen LogP contribution in [0.4, 0.5) is 0 Å². The maximum atomic E-state index is 13.0. The van der Waals surface area contributed by atoms with E-state index in [2.05, 4.69) is 17.1 Å². The summed E-state index contributed by atoms with van der Waals surface area (Å²) in [6, 6.07) is 5.88. The van der Waals surface area contributed by atoms with Gasteiger partial charge in [0, 0.05) is 13.1 Å². The minimum absolute atomic E-state index is 0.0181. The molecule has 4 aliphatic carbocycles. The molecular formula is C26H39ClN2O2. The number of amides is 1. The van der Waals surface area contributed by atoms with Crippen LogP contribution in [0.5, 0.6) is 0 Å². The van der Waals surface area contributed by atoms with Crippen LogP contribution in [0.1, 0.15) is 74.2 Å². The Hall–Kier alpha value is -1.10.